The van der Waals surface area contributed by atoms with Crippen molar-refractivity contribution in [2.24, 2.45) is 0 Å². The van der Waals surface area contributed by atoms with Crippen LogP contribution in [-0.2, 0) is 23.1 Å². The summed E-state index contributed by atoms with van der Waals surface area (Å²) in [6.07, 6.45) is 0.484. The third-order valence-electron chi connectivity index (χ3n) is 2.68. The maximum atomic E-state index is 12.7. The van der Waals surface area contributed by atoms with Crippen LogP contribution in [0.2, 0.25) is 0 Å². The van der Waals surface area contributed by atoms with E-state index in [2.05, 4.69) is 4.72 Å². The smallest absolute Gasteiger partial charge is 0.250 e. The Hall–Kier alpha value is -1.28. The number of nitrogens with one attached hydrogen (secondary N) is 1. The van der Waals surface area contributed by atoms with Gasteiger partial charge in [-0.2, -0.15) is 0 Å². The zero-order chi connectivity index (χ0) is 14.6. The Bertz CT molecular complexity index is 665. The fraction of sp³-hybridized carbons (Fsp3) is 0.231. The van der Waals surface area contributed by atoms with Crippen molar-refractivity contribution < 1.29 is 17.9 Å². The number of aliphatic hydroxyl groups excluding tert-OH is 1. The second-order valence-corrected chi connectivity index (χ2v) is 7.32. The Labute approximate surface area is 120 Å². The molecule has 0 atom stereocenters. The first-order valence-corrected chi connectivity index (χ1v) is 8.25. The van der Waals surface area contributed by atoms with Gasteiger partial charge >= 0.3 is 0 Å². The summed E-state index contributed by atoms with van der Waals surface area (Å²) in [4.78, 5) is 0.601. The van der Waals surface area contributed by atoms with Crippen molar-refractivity contribution in [1.82, 2.24) is 4.72 Å². The third kappa shape index (κ3) is 3.86. The highest BCUT2D eigenvalue weighted by atomic mass is 32.2. The third-order valence-corrected chi connectivity index (χ3v) is 5.70. The number of halogens is 1. The Morgan fingerprint density at radius 1 is 1.15 bits per heavy atom. The van der Waals surface area contributed by atoms with Crippen molar-refractivity contribution in [2.45, 2.75) is 17.2 Å². The number of hydrogen-bond acceptors (Lipinski definition) is 4. The monoisotopic (exact) mass is 315 g/mol. The quantitative estimate of drug-likeness (QED) is 0.855. The van der Waals surface area contributed by atoms with Crippen molar-refractivity contribution >= 4 is 21.4 Å². The van der Waals surface area contributed by atoms with Crippen LogP contribution in [0.3, 0.4) is 0 Å². The lowest BCUT2D eigenvalue weighted by atomic mass is 10.1. The summed E-state index contributed by atoms with van der Waals surface area (Å²) in [5.41, 5.74) is 0.858. The number of aliphatic hydroxyl groups is 1. The predicted octanol–water partition coefficient (Wildman–Crippen LogP) is 1.90. The van der Waals surface area contributed by atoms with Crippen molar-refractivity contribution in [3.05, 3.63) is 52.7 Å². The summed E-state index contributed by atoms with van der Waals surface area (Å²) in [6.45, 7) is 0.0656. The number of hydrogen-bond donors (Lipinski definition) is 2. The number of rotatable bonds is 6. The summed E-state index contributed by atoms with van der Waals surface area (Å²) >= 11 is 1.04. The topological polar surface area (TPSA) is 66.4 Å². The first-order chi connectivity index (χ1) is 9.51. The van der Waals surface area contributed by atoms with E-state index in [4.69, 9.17) is 5.11 Å². The van der Waals surface area contributed by atoms with Crippen molar-refractivity contribution in [3.8, 4) is 0 Å². The molecule has 7 heteroatoms. The van der Waals surface area contributed by atoms with E-state index in [1.165, 1.54) is 18.2 Å². The molecule has 1 aromatic carbocycles. The normalized spacial score (nSPS) is 11.7. The molecule has 4 nitrogen and oxygen atoms in total. The lowest BCUT2D eigenvalue weighted by Gasteiger charge is -2.05. The van der Waals surface area contributed by atoms with Gasteiger partial charge in [0, 0.05) is 11.4 Å². The summed E-state index contributed by atoms with van der Waals surface area (Å²) in [5.74, 6) is -0.315. The van der Waals surface area contributed by atoms with E-state index in [0.717, 1.165) is 16.9 Å². The minimum Gasteiger partial charge on any atom is -0.391 e. The van der Waals surface area contributed by atoms with Crippen LogP contribution < -0.4 is 4.72 Å². The molecule has 0 radical (unpaired) electrons. The maximum absolute atomic E-state index is 12.7. The average Bonchev–Trinajstić information content (AvgIpc) is 2.90. The predicted molar refractivity (Wildman–Crippen MR) is 75.5 cm³/mol. The molecular weight excluding hydrogens is 301 g/mol. The van der Waals surface area contributed by atoms with Crippen LogP contribution in [0.15, 0.2) is 40.6 Å². The molecular formula is C13H14FNO3S2. The summed E-state index contributed by atoms with van der Waals surface area (Å²) < 4.78 is 39.3. The molecule has 0 aliphatic carbocycles. The van der Waals surface area contributed by atoms with Gasteiger partial charge in [0.25, 0.3) is 0 Å². The van der Waals surface area contributed by atoms with Gasteiger partial charge in [0.2, 0.25) is 10.0 Å². The first kappa shape index (κ1) is 15.1. The van der Waals surface area contributed by atoms with Crippen LogP contribution in [0.5, 0.6) is 0 Å². The van der Waals surface area contributed by atoms with Crippen LogP contribution in [0.25, 0.3) is 0 Å². The van der Waals surface area contributed by atoms with E-state index >= 15 is 0 Å². The number of thiophene rings is 1. The molecule has 0 saturated carbocycles. The highest BCUT2D eigenvalue weighted by Crippen LogP contribution is 2.21. The van der Waals surface area contributed by atoms with Gasteiger partial charge in [-0.3, -0.25) is 0 Å². The molecule has 0 fully saturated rings. The standard InChI is InChI=1S/C13H14FNO3S2/c14-11-3-1-10(2-4-11)7-8-15-20(17,18)13-6-5-12(9-16)19-13/h1-6,15-16H,7-9H2. The van der Waals surface area contributed by atoms with E-state index in [-0.39, 0.29) is 23.2 Å². The van der Waals surface area contributed by atoms with Gasteiger partial charge in [-0.05, 0) is 36.2 Å². The van der Waals surface area contributed by atoms with E-state index in [1.54, 1.807) is 18.2 Å². The summed E-state index contributed by atoms with van der Waals surface area (Å²) in [7, 11) is -3.54. The summed E-state index contributed by atoms with van der Waals surface area (Å²) in [6, 6.07) is 8.99. The SMILES string of the molecule is O=S(=O)(NCCc1ccc(F)cc1)c1ccc(CO)s1. The Kier molecular flexibility index (Phi) is 4.87. The molecule has 1 heterocycles. The highest BCUT2D eigenvalue weighted by molar-refractivity contribution is 7.91. The van der Waals surface area contributed by atoms with Crippen LogP contribution in [0, 0.1) is 5.82 Å². The molecule has 2 rings (SSSR count). The van der Waals surface area contributed by atoms with E-state index in [0.29, 0.717) is 11.3 Å². The molecule has 0 unspecified atom stereocenters. The molecule has 108 valence electrons. The van der Waals surface area contributed by atoms with Gasteiger partial charge in [0.15, 0.2) is 0 Å². The summed E-state index contributed by atoms with van der Waals surface area (Å²) in [5, 5.41) is 8.93. The molecule has 0 bridgehead atoms. The largest absolute Gasteiger partial charge is 0.391 e. The second kappa shape index (κ2) is 6.45. The highest BCUT2D eigenvalue weighted by Gasteiger charge is 2.15. The number of sulfonamides is 1. The van der Waals surface area contributed by atoms with Crippen LogP contribution in [0.4, 0.5) is 4.39 Å². The van der Waals surface area contributed by atoms with Crippen LogP contribution >= 0.6 is 11.3 Å². The average molecular weight is 315 g/mol. The maximum Gasteiger partial charge on any atom is 0.250 e. The molecule has 0 spiro atoms. The zero-order valence-corrected chi connectivity index (χ0v) is 12.2. The van der Waals surface area contributed by atoms with Gasteiger partial charge in [-0.15, -0.1) is 11.3 Å². The van der Waals surface area contributed by atoms with Gasteiger partial charge in [-0.1, -0.05) is 12.1 Å². The fourth-order valence-corrected chi connectivity index (χ4v) is 3.93. The van der Waals surface area contributed by atoms with Gasteiger partial charge in [0.05, 0.1) is 6.61 Å². The fourth-order valence-electron chi connectivity index (χ4n) is 1.64. The molecule has 1 aromatic heterocycles. The van der Waals surface area contributed by atoms with Crippen LogP contribution in [-0.4, -0.2) is 20.1 Å². The minimum absolute atomic E-state index is 0.171. The van der Waals surface area contributed by atoms with E-state index in [1.807, 2.05) is 0 Å². The Balaban J connectivity index is 1.94. The lowest BCUT2D eigenvalue weighted by molar-refractivity contribution is 0.285. The van der Waals surface area contributed by atoms with Gasteiger partial charge in [-0.25, -0.2) is 17.5 Å². The molecule has 0 aliphatic heterocycles. The van der Waals surface area contributed by atoms with Crippen molar-refractivity contribution in [1.29, 1.82) is 0 Å². The molecule has 0 amide bonds. The Morgan fingerprint density at radius 2 is 1.85 bits per heavy atom. The number of benzene rings is 1. The minimum atomic E-state index is -3.54. The van der Waals surface area contributed by atoms with Crippen LogP contribution in [0.1, 0.15) is 10.4 Å². The van der Waals surface area contributed by atoms with Crippen molar-refractivity contribution in [2.75, 3.05) is 6.54 Å². The van der Waals surface area contributed by atoms with Gasteiger partial charge < -0.3 is 5.11 Å². The lowest BCUT2D eigenvalue weighted by Crippen LogP contribution is -2.25. The molecule has 0 aliphatic rings. The van der Waals surface area contributed by atoms with E-state index in [9.17, 15) is 12.8 Å². The molecule has 20 heavy (non-hydrogen) atoms. The van der Waals surface area contributed by atoms with Crippen molar-refractivity contribution in [3.63, 3.8) is 0 Å². The van der Waals surface area contributed by atoms with E-state index < -0.39 is 10.0 Å². The van der Waals surface area contributed by atoms with Gasteiger partial charge in [0.1, 0.15) is 10.0 Å². The molecule has 2 aromatic rings. The first-order valence-electron chi connectivity index (χ1n) is 5.95. The zero-order valence-electron chi connectivity index (χ0n) is 10.5. The molecule has 0 saturated heterocycles. The molecule has 2 N–H and O–H groups in total. The second-order valence-electron chi connectivity index (χ2n) is 4.15. The Morgan fingerprint density at radius 3 is 2.45 bits per heavy atom.